The minimum Gasteiger partial charge on any atom is -0.475 e. The van der Waals surface area contributed by atoms with Gasteiger partial charge in [0, 0.05) is 32.7 Å². The van der Waals surface area contributed by atoms with Crippen molar-refractivity contribution in [2.24, 2.45) is 0 Å². The number of morpholine rings is 1. The summed E-state index contributed by atoms with van der Waals surface area (Å²) in [7, 11) is -3.29. The van der Waals surface area contributed by atoms with Crippen molar-refractivity contribution >= 4 is 16.0 Å². The molecule has 0 amide bonds. The lowest BCUT2D eigenvalue weighted by atomic mass is 10.0. The maximum absolute atomic E-state index is 13.0. The molecule has 176 valence electrons. The number of aliphatic carboxylic acids is 1. The second-order valence-electron chi connectivity index (χ2n) is 7.32. The summed E-state index contributed by atoms with van der Waals surface area (Å²) in [6, 6.07) is 6.44. The van der Waals surface area contributed by atoms with Gasteiger partial charge < -0.3 is 14.6 Å². The number of carboxylic acids is 1. The molecule has 1 unspecified atom stereocenters. The molecule has 1 N–H and O–H groups in total. The SMILES string of the molecule is CS(=O)(=O)N1CCOCC2(CN(Cc3ccc(F)cc3)CCO2)C1.O=C(O)C(F)(F)F. The highest BCUT2D eigenvalue weighted by molar-refractivity contribution is 7.88. The molecule has 0 aromatic heterocycles. The Morgan fingerprint density at radius 1 is 1.16 bits per heavy atom. The summed E-state index contributed by atoms with van der Waals surface area (Å²) < 4.78 is 81.7. The van der Waals surface area contributed by atoms with Gasteiger partial charge in [-0.1, -0.05) is 12.1 Å². The number of ether oxygens (including phenoxy) is 2. The van der Waals surface area contributed by atoms with Gasteiger partial charge in [-0.25, -0.2) is 17.6 Å². The first-order valence-corrected chi connectivity index (χ1v) is 11.1. The zero-order chi connectivity index (χ0) is 23.3. The molecule has 2 aliphatic heterocycles. The zero-order valence-electron chi connectivity index (χ0n) is 16.8. The standard InChI is InChI=1S/C16H23FN2O4S.C2HF3O2/c1-24(20,21)19-7-8-22-13-16(12-19)11-18(6-9-23-16)10-14-2-4-15(17)5-3-14;3-2(4,5)1(6)7/h2-5H,6-13H2,1H3;(H,6,7). The third-order valence-corrected chi connectivity index (χ3v) is 5.92. The summed E-state index contributed by atoms with van der Waals surface area (Å²) in [5.74, 6) is -3.01. The maximum Gasteiger partial charge on any atom is 0.490 e. The van der Waals surface area contributed by atoms with Gasteiger partial charge in [-0.3, -0.25) is 4.90 Å². The van der Waals surface area contributed by atoms with Crippen LogP contribution in [0.3, 0.4) is 0 Å². The minimum absolute atomic E-state index is 0.252. The van der Waals surface area contributed by atoms with Crippen LogP contribution in [0.1, 0.15) is 5.56 Å². The number of nitrogens with zero attached hydrogens (tertiary/aromatic N) is 2. The van der Waals surface area contributed by atoms with E-state index in [0.29, 0.717) is 46.0 Å². The van der Waals surface area contributed by atoms with Crippen LogP contribution in [0.2, 0.25) is 0 Å². The normalized spacial score (nSPS) is 23.6. The minimum atomic E-state index is -5.08. The highest BCUT2D eigenvalue weighted by atomic mass is 32.2. The lowest BCUT2D eigenvalue weighted by molar-refractivity contribution is -0.192. The number of benzene rings is 1. The first-order chi connectivity index (χ1) is 14.3. The predicted octanol–water partition coefficient (Wildman–Crippen LogP) is 1.32. The van der Waals surface area contributed by atoms with Gasteiger partial charge in [0.1, 0.15) is 11.4 Å². The molecule has 1 aromatic carbocycles. The summed E-state index contributed by atoms with van der Waals surface area (Å²) in [6.45, 7) is 3.91. The maximum atomic E-state index is 13.0. The molecule has 0 bridgehead atoms. The summed E-state index contributed by atoms with van der Waals surface area (Å²) in [5, 5.41) is 7.12. The number of carbonyl (C=O) groups is 1. The summed E-state index contributed by atoms with van der Waals surface area (Å²) in [4.78, 5) is 11.1. The van der Waals surface area contributed by atoms with E-state index in [1.165, 1.54) is 22.7 Å². The van der Waals surface area contributed by atoms with Gasteiger partial charge in [-0.05, 0) is 17.7 Å². The molecule has 0 aliphatic carbocycles. The smallest absolute Gasteiger partial charge is 0.475 e. The molecule has 2 saturated heterocycles. The van der Waals surface area contributed by atoms with Gasteiger partial charge in [-0.2, -0.15) is 17.5 Å². The van der Waals surface area contributed by atoms with Crippen molar-refractivity contribution in [2.45, 2.75) is 18.3 Å². The Morgan fingerprint density at radius 3 is 2.32 bits per heavy atom. The average molecular weight is 472 g/mol. The van der Waals surface area contributed by atoms with E-state index in [0.717, 1.165) is 12.1 Å². The first kappa shape index (κ1) is 25.5. The van der Waals surface area contributed by atoms with Gasteiger partial charge in [0.25, 0.3) is 0 Å². The van der Waals surface area contributed by atoms with Gasteiger partial charge in [0.05, 0.1) is 26.1 Å². The van der Waals surface area contributed by atoms with Crippen molar-refractivity contribution in [2.75, 3.05) is 52.3 Å². The Hall–Kier alpha value is -1.80. The van der Waals surface area contributed by atoms with E-state index in [4.69, 9.17) is 19.4 Å². The molecule has 0 saturated carbocycles. The number of alkyl halides is 3. The van der Waals surface area contributed by atoms with E-state index >= 15 is 0 Å². The summed E-state index contributed by atoms with van der Waals surface area (Å²) >= 11 is 0. The van der Waals surface area contributed by atoms with Crippen LogP contribution in [-0.2, 0) is 30.8 Å². The van der Waals surface area contributed by atoms with E-state index in [2.05, 4.69) is 4.90 Å². The van der Waals surface area contributed by atoms with Gasteiger partial charge in [-0.15, -0.1) is 0 Å². The van der Waals surface area contributed by atoms with Crippen molar-refractivity contribution in [1.29, 1.82) is 0 Å². The molecule has 0 radical (unpaired) electrons. The Kier molecular flexibility index (Phi) is 8.39. The van der Waals surface area contributed by atoms with Crippen molar-refractivity contribution in [3.63, 3.8) is 0 Å². The zero-order valence-corrected chi connectivity index (χ0v) is 17.6. The fourth-order valence-electron chi connectivity index (χ4n) is 3.24. The molecule has 1 atom stereocenters. The largest absolute Gasteiger partial charge is 0.490 e. The van der Waals surface area contributed by atoms with E-state index < -0.39 is 27.8 Å². The molecule has 2 heterocycles. The topological polar surface area (TPSA) is 96.4 Å². The fraction of sp³-hybridized carbons (Fsp3) is 0.611. The molecule has 13 heteroatoms. The lowest BCUT2D eigenvalue weighted by Crippen LogP contribution is -2.58. The second-order valence-corrected chi connectivity index (χ2v) is 9.30. The molecular formula is C18H24F4N2O6S. The third kappa shape index (κ3) is 8.00. The molecule has 31 heavy (non-hydrogen) atoms. The van der Waals surface area contributed by atoms with Gasteiger partial charge >= 0.3 is 12.1 Å². The third-order valence-electron chi connectivity index (χ3n) is 4.67. The van der Waals surface area contributed by atoms with Crippen molar-refractivity contribution in [1.82, 2.24) is 9.21 Å². The Morgan fingerprint density at radius 2 is 1.77 bits per heavy atom. The first-order valence-electron chi connectivity index (χ1n) is 9.24. The predicted molar refractivity (Wildman–Crippen MR) is 101 cm³/mol. The van der Waals surface area contributed by atoms with Gasteiger partial charge in [0.15, 0.2) is 0 Å². The van der Waals surface area contributed by atoms with E-state index in [1.807, 2.05) is 0 Å². The van der Waals surface area contributed by atoms with Crippen LogP contribution in [0, 0.1) is 5.82 Å². The van der Waals surface area contributed by atoms with Crippen LogP contribution >= 0.6 is 0 Å². The highest BCUT2D eigenvalue weighted by Gasteiger charge is 2.42. The quantitative estimate of drug-likeness (QED) is 0.663. The molecule has 8 nitrogen and oxygen atoms in total. The van der Waals surface area contributed by atoms with Crippen molar-refractivity contribution in [3.8, 4) is 0 Å². The van der Waals surface area contributed by atoms with Crippen LogP contribution in [0.15, 0.2) is 24.3 Å². The van der Waals surface area contributed by atoms with Crippen molar-refractivity contribution < 1.29 is 45.4 Å². The second kappa shape index (κ2) is 10.2. The average Bonchev–Trinajstić information content (AvgIpc) is 2.86. The van der Waals surface area contributed by atoms with E-state index in [1.54, 1.807) is 12.1 Å². The molecule has 3 rings (SSSR count). The molecule has 2 fully saturated rings. The van der Waals surface area contributed by atoms with Crippen molar-refractivity contribution in [3.05, 3.63) is 35.6 Å². The molecule has 1 spiro atoms. The fourth-order valence-corrected chi connectivity index (χ4v) is 4.12. The number of sulfonamides is 1. The Balaban J connectivity index is 0.000000423. The number of carboxylic acid groups (broad SMARTS) is 1. The van der Waals surface area contributed by atoms with Crippen LogP contribution < -0.4 is 0 Å². The van der Waals surface area contributed by atoms with Crippen LogP contribution in [0.4, 0.5) is 17.6 Å². The number of halogens is 4. The van der Waals surface area contributed by atoms with Crippen LogP contribution in [0.5, 0.6) is 0 Å². The monoisotopic (exact) mass is 472 g/mol. The summed E-state index contributed by atoms with van der Waals surface area (Å²) in [5.41, 5.74) is 0.362. The molecule has 2 aliphatic rings. The number of hydrogen-bond donors (Lipinski definition) is 1. The molecule has 1 aromatic rings. The van der Waals surface area contributed by atoms with Crippen LogP contribution in [0.25, 0.3) is 0 Å². The van der Waals surface area contributed by atoms with Gasteiger partial charge in [0.2, 0.25) is 10.0 Å². The lowest BCUT2D eigenvalue weighted by Gasteiger charge is -2.43. The van der Waals surface area contributed by atoms with E-state index in [9.17, 15) is 26.0 Å². The summed E-state index contributed by atoms with van der Waals surface area (Å²) in [6.07, 6.45) is -3.87. The number of rotatable bonds is 3. The Labute approximate surface area is 177 Å². The van der Waals surface area contributed by atoms with Crippen LogP contribution in [-0.4, -0.2) is 92.7 Å². The highest BCUT2D eigenvalue weighted by Crippen LogP contribution is 2.25. The van der Waals surface area contributed by atoms with E-state index in [-0.39, 0.29) is 5.82 Å². The molecular weight excluding hydrogens is 448 g/mol. The Bertz CT molecular complexity index is 850. The number of hydrogen-bond acceptors (Lipinski definition) is 6.